The van der Waals surface area contributed by atoms with Gasteiger partial charge in [0, 0.05) is 25.3 Å². The van der Waals surface area contributed by atoms with Crippen molar-refractivity contribution in [3.05, 3.63) is 12.2 Å². The molecule has 0 aliphatic carbocycles. The van der Waals surface area contributed by atoms with Crippen LogP contribution in [0.2, 0.25) is 63.5 Å². The number of aldehydes is 1. The number of carbonyl (C=O) groups excluding carboxylic acids is 1. The SMILES string of the molecule is C=C(C=O)CCCC[Si](O[Si](C)(C)CCC(F)(F)F)(O[Si](C)(C)CCC(F)(F)F)O[Si](C)(C)CCC(F)(F)F. The lowest BCUT2D eigenvalue weighted by Crippen LogP contribution is -2.62. The van der Waals surface area contributed by atoms with Gasteiger partial charge in [-0.3, -0.25) is 4.79 Å². The molecule has 0 bridgehead atoms. The number of hydrogen-bond acceptors (Lipinski definition) is 4. The van der Waals surface area contributed by atoms with Crippen molar-refractivity contribution in [2.75, 3.05) is 0 Å². The third kappa shape index (κ3) is 20.1. The number of halogens is 9. The lowest BCUT2D eigenvalue weighted by atomic mass is 10.1. The number of unbranched alkanes of at least 4 members (excludes halogenated alkanes) is 1. The lowest BCUT2D eigenvalue weighted by Gasteiger charge is -2.45. The Hall–Kier alpha value is -0.472. The van der Waals surface area contributed by atoms with Crippen LogP contribution in [0.1, 0.15) is 38.5 Å². The Kier molecular flexibility index (Phi) is 14.4. The summed E-state index contributed by atoms with van der Waals surface area (Å²) < 4.78 is 136. The molecular formula is C22H41F9O4Si4. The molecule has 0 saturated carbocycles. The minimum absolute atomic E-state index is 0.00746. The highest BCUT2D eigenvalue weighted by molar-refractivity contribution is 6.90. The molecule has 0 unspecified atom stereocenters. The van der Waals surface area contributed by atoms with Crippen LogP contribution in [0.15, 0.2) is 12.2 Å². The Morgan fingerprint density at radius 1 is 0.615 bits per heavy atom. The maximum Gasteiger partial charge on any atom is 0.469 e. The molecule has 232 valence electrons. The van der Waals surface area contributed by atoms with Crippen molar-refractivity contribution in [1.29, 1.82) is 0 Å². The van der Waals surface area contributed by atoms with Crippen molar-refractivity contribution >= 4 is 40.0 Å². The summed E-state index contributed by atoms with van der Waals surface area (Å²) in [5.41, 5.74) is 0.296. The van der Waals surface area contributed by atoms with Gasteiger partial charge in [0.15, 0.2) is 25.0 Å². The van der Waals surface area contributed by atoms with Gasteiger partial charge >= 0.3 is 27.3 Å². The monoisotopic (exact) mass is 652 g/mol. The Balaban J connectivity index is 6.39. The van der Waals surface area contributed by atoms with E-state index in [1.807, 2.05) is 0 Å². The minimum atomic E-state index is -4.48. The number of carbonyl (C=O) groups is 1. The smallest absolute Gasteiger partial charge is 0.417 e. The fourth-order valence-electron chi connectivity index (χ4n) is 3.71. The van der Waals surface area contributed by atoms with Crippen molar-refractivity contribution in [2.45, 2.75) is 121 Å². The van der Waals surface area contributed by atoms with E-state index in [1.165, 1.54) is 39.3 Å². The van der Waals surface area contributed by atoms with E-state index in [0.29, 0.717) is 18.3 Å². The number of alkyl halides is 9. The Morgan fingerprint density at radius 3 is 1.18 bits per heavy atom. The summed E-state index contributed by atoms with van der Waals surface area (Å²) in [5.74, 6) is 0. The maximum absolute atomic E-state index is 13.0. The third-order valence-electron chi connectivity index (χ3n) is 5.72. The van der Waals surface area contributed by atoms with Crippen LogP contribution in [0.5, 0.6) is 0 Å². The number of rotatable bonds is 18. The molecule has 0 aliphatic rings. The zero-order valence-corrected chi connectivity index (χ0v) is 27.4. The summed E-state index contributed by atoms with van der Waals surface area (Å²) in [7, 11) is -13.8. The van der Waals surface area contributed by atoms with Gasteiger partial charge in [-0.15, -0.1) is 0 Å². The van der Waals surface area contributed by atoms with Gasteiger partial charge in [-0.05, 0) is 82.2 Å². The van der Waals surface area contributed by atoms with Crippen LogP contribution >= 0.6 is 0 Å². The molecule has 0 saturated heterocycles. The van der Waals surface area contributed by atoms with Gasteiger partial charge < -0.3 is 12.3 Å². The van der Waals surface area contributed by atoms with E-state index in [-0.39, 0.29) is 37.0 Å². The molecule has 39 heavy (non-hydrogen) atoms. The van der Waals surface area contributed by atoms with E-state index >= 15 is 0 Å². The van der Waals surface area contributed by atoms with Crippen molar-refractivity contribution in [3.8, 4) is 0 Å². The second-order valence-corrected chi connectivity index (χ2v) is 28.0. The number of hydrogen-bond donors (Lipinski definition) is 0. The van der Waals surface area contributed by atoms with E-state index in [1.54, 1.807) is 0 Å². The first-order valence-electron chi connectivity index (χ1n) is 12.6. The molecule has 0 aromatic rings. The topological polar surface area (TPSA) is 44.8 Å². The van der Waals surface area contributed by atoms with Gasteiger partial charge in [0.2, 0.25) is 0 Å². The molecule has 17 heteroatoms. The van der Waals surface area contributed by atoms with E-state index in [9.17, 15) is 44.3 Å². The first-order chi connectivity index (χ1) is 17.2. The first kappa shape index (κ1) is 38.5. The van der Waals surface area contributed by atoms with Crippen molar-refractivity contribution in [3.63, 3.8) is 0 Å². The highest BCUT2D eigenvalue weighted by atomic mass is 28.5. The second kappa shape index (κ2) is 14.6. The highest BCUT2D eigenvalue weighted by Crippen LogP contribution is 2.38. The molecule has 0 amide bonds. The molecule has 0 heterocycles. The Labute approximate surface area is 229 Å². The average Bonchev–Trinajstić information content (AvgIpc) is 2.70. The van der Waals surface area contributed by atoms with Crippen LogP contribution in [-0.2, 0) is 17.1 Å². The fourth-order valence-corrected chi connectivity index (χ4v) is 21.2. The molecule has 0 aromatic heterocycles. The van der Waals surface area contributed by atoms with Crippen LogP contribution in [0.25, 0.3) is 0 Å². The largest absolute Gasteiger partial charge is 0.469 e. The van der Waals surface area contributed by atoms with Gasteiger partial charge in [0.25, 0.3) is 0 Å². The molecule has 0 N–H and O–H groups in total. The van der Waals surface area contributed by atoms with Crippen molar-refractivity contribution in [1.82, 2.24) is 0 Å². The molecule has 0 aromatic carbocycles. The standard InChI is InChI=1S/C22H41F9O4Si4/c1-19(18-32)10-8-9-14-39(33-36(2,3)15-11-20(23,24)25,34-37(4,5)16-12-21(26,27)28)35-38(6,7)17-13-22(29,30)31/h18H,1,8-17H2,2-7H3. The third-order valence-corrected chi connectivity index (χ3v) is 21.4. The van der Waals surface area contributed by atoms with Gasteiger partial charge in [-0.2, -0.15) is 39.5 Å². The summed E-state index contributed by atoms with van der Waals surface area (Å²) >= 11 is 0. The van der Waals surface area contributed by atoms with Gasteiger partial charge in [-0.25, -0.2) is 0 Å². The summed E-state index contributed by atoms with van der Waals surface area (Å²) in [6, 6.07) is -1.15. The molecule has 0 aliphatic heterocycles. The van der Waals surface area contributed by atoms with E-state index < -0.39 is 71.5 Å². The first-order valence-corrected chi connectivity index (χ1v) is 23.9. The lowest BCUT2D eigenvalue weighted by molar-refractivity contribution is -0.131. The molecule has 0 fully saturated rings. The van der Waals surface area contributed by atoms with Crippen LogP contribution < -0.4 is 0 Å². The Morgan fingerprint density at radius 2 is 0.923 bits per heavy atom. The minimum Gasteiger partial charge on any atom is -0.417 e. The molecule has 0 rings (SSSR count). The quantitative estimate of drug-likeness (QED) is 0.0487. The van der Waals surface area contributed by atoms with Crippen molar-refractivity contribution < 1.29 is 56.7 Å². The average molecular weight is 653 g/mol. The van der Waals surface area contributed by atoms with Crippen LogP contribution in [0, 0.1) is 0 Å². The zero-order valence-electron chi connectivity index (χ0n) is 23.4. The predicted molar refractivity (Wildman–Crippen MR) is 142 cm³/mol. The van der Waals surface area contributed by atoms with E-state index in [4.69, 9.17) is 12.3 Å². The molecule has 4 nitrogen and oxygen atoms in total. The van der Waals surface area contributed by atoms with Gasteiger partial charge in [0.1, 0.15) is 6.29 Å². The summed E-state index contributed by atoms with van der Waals surface area (Å²) in [6.45, 7) is 12.6. The number of allylic oxidation sites excluding steroid dienone is 1. The molecule has 0 radical (unpaired) electrons. The summed E-state index contributed by atoms with van der Waals surface area (Å²) in [4.78, 5) is 10.9. The summed E-state index contributed by atoms with van der Waals surface area (Å²) in [5, 5.41) is 0. The zero-order chi connectivity index (χ0) is 31.0. The van der Waals surface area contributed by atoms with Crippen LogP contribution in [0.3, 0.4) is 0 Å². The Bertz CT molecular complexity index is 704. The summed E-state index contributed by atoms with van der Waals surface area (Å²) in [6.07, 6.45) is -15.4. The van der Waals surface area contributed by atoms with Crippen LogP contribution in [0.4, 0.5) is 39.5 Å². The predicted octanol–water partition coefficient (Wildman–Crippen LogP) is 9.37. The fraction of sp³-hybridized carbons (Fsp3) is 0.864. The highest BCUT2D eigenvalue weighted by Gasteiger charge is 2.53. The molecular weight excluding hydrogens is 612 g/mol. The molecule has 0 spiro atoms. The maximum atomic E-state index is 13.0. The van der Waals surface area contributed by atoms with Crippen molar-refractivity contribution in [2.24, 2.45) is 0 Å². The van der Waals surface area contributed by atoms with E-state index in [0.717, 1.165) is 0 Å². The normalized spacial score (nSPS) is 14.5. The van der Waals surface area contributed by atoms with Gasteiger partial charge in [-0.1, -0.05) is 6.58 Å². The van der Waals surface area contributed by atoms with Crippen LogP contribution in [-0.4, -0.2) is 58.6 Å². The second-order valence-electron chi connectivity index (χ2n) is 11.6. The van der Waals surface area contributed by atoms with E-state index in [2.05, 4.69) is 6.58 Å². The molecule has 0 atom stereocenters. The van der Waals surface area contributed by atoms with Gasteiger partial charge in [0.05, 0.1) is 0 Å².